The van der Waals surface area contributed by atoms with Crippen LogP contribution in [0, 0.1) is 18.8 Å². The highest BCUT2D eigenvalue weighted by Gasteiger charge is 2.25. The van der Waals surface area contributed by atoms with E-state index in [9.17, 15) is 29.1 Å². The molecule has 0 aromatic heterocycles. The summed E-state index contributed by atoms with van der Waals surface area (Å²) in [5, 5.41) is 8.72. The third kappa shape index (κ3) is 8.41. The van der Waals surface area contributed by atoms with Crippen LogP contribution in [0.2, 0.25) is 0 Å². The molecule has 7 nitrogen and oxygen atoms in total. The number of benzene rings is 1. The first-order chi connectivity index (χ1) is 13.5. The fraction of sp³-hybridized carbons (Fsp3) is 0.450. The molecule has 2 unspecified atom stereocenters. The molecule has 0 radical (unpaired) electrons. The predicted octanol–water partition coefficient (Wildman–Crippen LogP) is 2.98. The van der Waals surface area contributed by atoms with Crippen LogP contribution in [0.15, 0.2) is 18.2 Å². The fourth-order valence-corrected chi connectivity index (χ4v) is 3.68. The molecule has 1 aromatic rings. The van der Waals surface area contributed by atoms with Crippen LogP contribution < -0.4 is 4.74 Å². The van der Waals surface area contributed by atoms with Crippen molar-refractivity contribution in [2.75, 3.05) is 11.5 Å². The maximum atomic E-state index is 12.6. The van der Waals surface area contributed by atoms with Gasteiger partial charge < -0.3 is 19.4 Å². The highest BCUT2D eigenvalue weighted by atomic mass is 32.2. The van der Waals surface area contributed by atoms with Crippen LogP contribution in [0.4, 0.5) is 0 Å². The van der Waals surface area contributed by atoms with Crippen molar-refractivity contribution in [3.05, 3.63) is 29.3 Å². The molecule has 0 bridgehead atoms. The summed E-state index contributed by atoms with van der Waals surface area (Å²) in [5.74, 6) is -3.92. The number of aryl methyl sites for hydroxylation is 1. The van der Waals surface area contributed by atoms with E-state index in [-0.39, 0.29) is 47.2 Å². The zero-order valence-electron chi connectivity index (χ0n) is 16.5. The van der Waals surface area contributed by atoms with Crippen LogP contribution in [0.25, 0.3) is 0 Å². The Morgan fingerprint density at radius 3 is 2.17 bits per heavy atom. The number of ketones is 2. The number of hydrogen-bond acceptors (Lipinski definition) is 8. The summed E-state index contributed by atoms with van der Waals surface area (Å²) in [6.07, 6.45) is -0.183. The Hall–Kier alpha value is -2.13. The van der Waals surface area contributed by atoms with Gasteiger partial charge in [-0.15, -0.1) is 0 Å². The topological polar surface area (TPSA) is 115 Å². The lowest BCUT2D eigenvalue weighted by Crippen LogP contribution is -2.25. The van der Waals surface area contributed by atoms with Crippen molar-refractivity contribution >= 4 is 53.0 Å². The molecule has 0 aliphatic heterocycles. The molecule has 0 heterocycles. The van der Waals surface area contributed by atoms with E-state index >= 15 is 0 Å². The van der Waals surface area contributed by atoms with Gasteiger partial charge in [0.1, 0.15) is 17.3 Å². The lowest BCUT2D eigenvalue weighted by Gasteiger charge is -2.15. The molecule has 29 heavy (non-hydrogen) atoms. The number of carboxylic acid groups (broad SMARTS) is 1. The Kier molecular flexibility index (Phi) is 10.1. The van der Waals surface area contributed by atoms with E-state index in [1.807, 2.05) is 0 Å². The highest BCUT2D eigenvalue weighted by molar-refractivity contribution is 8.14. The minimum absolute atomic E-state index is 0.0164. The summed E-state index contributed by atoms with van der Waals surface area (Å²) >= 11 is 4.83. The summed E-state index contributed by atoms with van der Waals surface area (Å²) in [7, 11) is 0. The van der Waals surface area contributed by atoms with E-state index in [4.69, 9.17) is 4.74 Å². The molecule has 1 N–H and O–H groups in total. The molecule has 0 aliphatic carbocycles. The van der Waals surface area contributed by atoms with Crippen LogP contribution in [0.3, 0.4) is 0 Å². The van der Waals surface area contributed by atoms with Crippen LogP contribution in [-0.2, 0) is 19.2 Å². The van der Waals surface area contributed by atoms with E-state index in [2.05, 4.69) is 12.6 Å². The molecule has 0 spiro atoms. The molecule has 0 amide bonds. The lowest BCUT2D eigenvalue weighted by atomic mass is 10.1. The number of esters is 1. The van der Waals surface area contributed by atoms with Gasteiger partial charge in [-0.25, -0.2) is 0 Å². The first-order valence-corrected chi connectivity index (χ1v) is 10.5. The van der Waals surface area contributed by atoms with Crippen LogP contribution in [0.5, 0.6) is 5.75 Å². The number of Topliss-reactive ketones (excluding diaryl/α,β-unsaturated/α-hetero) is 2. The summed E-state index contributed by atoms with van der Waals surface area (Å²) in [5.41, 5.74) is 0.866. The van der Waals surface area contributed by atoms with Crippen LogP contribution >= 0.6 is 24.4 Å². The third-order valence-corrected chi connectivity index (χ3v) is 5.45. The average Bonchev–Trinajstić information content (AvgIpc) is 2.62. The number of carbonyl (C=O) groups excluding carboxylic acids is 4. The van der Waals surface area contributed by atoms with Crippen molar-refractivity contribution in [3.63, 3.8) is 0 Å². The number of thiol groups is 1. The van der Waals surface area contributed by atoms with Gasteiger partial charge in [0.2, 0.25) is 5.12 Å². The van der Waals surface area contributed by atoms with Crippen LogP contribution in [-0.4, -0.2) is 45.2 Å². The quantitative estimate of drug-likeness (QED) is 0.307. The van der Waals surface area contributed by atoms with Crippen molar-refractivity contribution < 1.29 is 33.8 Å². The second-order valence-electron chi connectivity index (χ2n) is 6.75. The zero-order valence-corrected chi connectivity index (χ0v) is 18.2. The maximum Gasteiger partial charge on any atom is 0.315 e. The van der Waals surface area contributed by atoms with Gasteiger partial charge in [-0.1, -0.05) is 17.8 Å². The second-order valence-corrected chi connectivity index (χ2v) is 8.10. The largest absolute Gasteiger partial charge is 0.481 e. The molecule has 1 rings (SSSR count). The normalized spacial score (nSPS) is 12.7. The second kappa shape index (κ2) is 11.8. The molecule has 0 aliphatic rings. The van der Waals surface area contributed by atoms with E-state index in [1.54, 1.807) is 13.0 Å². The van der Waals surface area contributed by atoms with Crippen molar-refractivity contribution in [2.24, 2.45) is 11.8 Å². The minimum atomic E-state index is -1.16. The molecule has 158 valence electrons. The molecule has 0 fully saturated rings. The predicted molar refractivity (Wildman–Crippen MR) is 113 cm³/mol. The number of aliphatic carboxylic acids is 1. The molecular formula is C20H24O7S2. The van der Waals surface area contributed by atoms with Crippen molar-refractivity contribution in [1.82, 2.24) is 0 Å². The lowest BCUT2D eigenvalue weighted by molar-refractivity contribution is -0.142. The summed E-state index contributed by atoms with van der Waals surface area (Å²) in [6, 6.07) is 4.69. The average molecular weight is 441 g/mol. The van der Waals surface area contributed by atoms with Gasteiger partial charge in [0.25, 0.3) is 0 Å². The SMILES string of the molecule is CC(=O)CC(CSC(=O)c1ccc(C)cc1OC(=O)C(CS)CC(C)=O)C(=O)O. The van der Waals surface area contributed by atoms with E-state index < -0.39 is 28.9 Å². The summed E-state index contributed by atoms with van der Waals surface area (Å²) in [4.78, 5) is 58.8. The maximum absolute atomic E-state index is 12.6. The summed E-state index contributed by atoms with van der Waals surface area (Å²) in [6.45, 7) is 4.42. The first kappa shape index (κ1) is 24.9. The van der Waals surface area contributed by atoms with Gasteiger partial charge in [-0.2, -0.15) is 12.6 Å². The highest BCUT2D eigenvalue weighted by Crippen LogP contribution is 2.28. The molecule has 0 saturated carbocycles. The fourth-order valence-electron chi connectivity index (χ4n) is 2.46. The van der Waals surface area contributed by atoms with Gasteiger partial charge >= 0.3 is 11.9 Å². The number of thioether (sulfide) groups is 1. The Bertz CT molecular complexity index is 804. The molecule has 9 heteroatoms. The van der Waals surface area contributed by atoms with Crippen molar-refractivity contribution in [2.45, 2.75) is 33.6 Å². The third-order valence-electron chi connectivity index (χ3n) is 3.95. The molecule has 0 saturated heterocycles. The van der Waals surface area contributed by atoms with Gasteiger partial charge in [0.05, 0.1) is 17.4 Å². The number of hydrogen-bond donors (Lipinski definition) is 2. The van der Waals surface area contributed by atoms with E-state index in [1.165, 1.54) is 26.0 Å². The van der Waals surface area contributed by atoms with Crippen molar-refractivity contribution in [1.29, 1.82) is 0 Å². The van der Waals surface area contributed by atoms with Gasteiger partial charge in [-0.3, -0.25) is 14.4 Å². The summed E-state index contributed by atoms with van der Waals surface area (Å²) < 4.78 is 5.38. The number of rotatable bonds is 11. The standard InChI is InChI=1S/C20H24O7S2/c1-11-4-5-16(20(26)29-10-15(18(23)24)8-13(3)22)17(6-11)27-19(25)14(9-28)7-12(2)21/h4-6,14-15,28H,7-10H2,1-3H3,(H,23,24). The van der Waals surface area contributed by atoms with Crippen molar-refractivity contribution in [3.8, 4) is 5.75 Å². The Morgan fingerprint density at radius 2 is 1.66 bits per heavy atom. The van der Waals surface area contributed by atoms with E-state index in [0.717, 1.165) is 17.3 Å². The van der Waals surface area contributed by atoms with Gasteiger partial charge in [-0.05, 0) is 38.5 Å². The molecule has 1 aromatic carbocycles. The molecular weight excluding hydrogens is 416 g/mol. The number of carboxylic acids is 1. The van der Waals surface area contributed by atoms with Gasteiger partial charge in [0.15, 0.2) is 0 Å². The number of carbonyl (C=O) groups is 5. The van der Waals surface area contributed by atoms with Gasteiger partial charge in [0, 0.05) is 24.3 Å². The Morgan fingerprint density at radius 1 is 1.07 bits per heavy atom. The Labute approximate surface area is 179 Å². The Balaban J connectivity index is 2.98. The first-order valence-electron chi connectivity index (χ1n) is 8.87. The smallest absolute Gasteiger partial charge is 0.315 e. The monoisotopic (exact) mass is 440 g/mol. The number of ether oxygens (including phenoxy) is 1. The molecule has 2 atom stereocenters. The minimum Gasteiger partial charge on any atom is -0.481 e. The van der Waals surface area contributed by atoms with Crippen LogP contribution in [0.1, 0.15) is 42.6 Å². The zero-order chi connectivity index (χ0) is 22.1. The van der Waals surface area contributed by atoms with E-state index in [0.29, 0.717) is 0 Å².